The largest absolute Gasteiger partial charge is 0.308 e. The summed E-state index contributed by atoms with van der Waals surface area (Å²) in [4.78, 5) is 2.40. The van der Waals surface area contributed by atoms with E-state index in [0.717, 1.165) is 38.5 Å². The van der Waals surface area contributed by atoms with Gasteiger partial charge in [0.05, 0.1) is 0 Å². The van der Waals surface area contributed by atoms with Crippen LogP contribution in [0.25, 0.3) is 0 Å². The first-order valence-corrected chi connectivity index (χ1v) is 7.90. The van der Waals surface area contributed by atoms with Crippen molar-refractivity contribution in [1.29, 1.82) is 0 Å². The third-order valence-corrected chi connectivity index (χ3v) is 3.93. The molecule has 2 atom stereocenters. The highest BCUT2D eigenvalue weighted by Gasteiger charge is 2.12. The Bertz CT molecular complexity index is 399. The second-order valence-electron chi connectivity index (χ2n) is 5.66. The van der Waals surface area contributed by atoms with Gasteiger partial charge in [0.2, 0.25) is 0 Å². The van der Waals surface area contributed by atoms with Gasteiger partial charge in [-0.15, -0.1) is 0 Å². The molecule has 2 unspecified atom stereocenters. The zero-order valence-corrected chi connectivity index (χ0v) is 13.6. The summed E-state index contributed by atoms with van der Waals surface area (Å²) < 4.78 is 26.4. The lowest BCUT2D eigenvalue weighted by atomic mass is 10.1. The maximum Gasteiger partial charge on any atom is 0.126 e. The molecule has 0 radical (unpaired) electrons. The molecule has 0 aliphatic carbocycles. The first-order valence-electron chi connectivity index (χ1n) is 7.90. The molecule has 2 nitrogen and oxygen atoms in total. The average molecular weight is 298 g/mol. The summed E-state index contributed by atoms with van der Waals surface area (Å²) in [7, 11) is 0. The third-order valence-electron chi connectivity index (χ3n) is 3.93. The normalized spacial score (nSPS) is 14.4. The van der Waals surface area contributed by atoms with Crippen molar-refractivity contribution in [3.63, 3.8) is 0 Å². The summed E-state index contributed by atoms with van der Waals surface area (Å²) in [6.07, 6.45) is 2.18. The fraction of sp³-hybridized carbons (Fsp3) is 0.647. The van der Waals surface area contributed by atoms with Crippen LogP contribution in [0.5, 0.6) is 0 Å². The summed E-state index contributed by atoms with van der Waals surface area (Å²) in [6.45, 7) is 11.7. The van der Waals surface area contributed by atoms with Crippen molar-refractivity contribution in [2.24, 2.45) is 0 Å². The molecule has 4 heteroatoms. The van der Waals surface area contributed by atoms with E-state index in [4.69, 9.17) is 0 Å². The zero-order chi connectivity index (χ0) is 15.8. The lowest BCUT2D eigenvalue weighted by Gasteiger charge is -2.22. The van der Waals surface area contributed by atoms with Gasteiger partial charge in [-0.1, -0.05) is 13.8 Å². The highest BCUT2D eigenvalue weighted by molar-refractivity contribution is 5.20. The molecule has 0 saturated carbocycles. The first-order chi connectivity index (χ1) is 9.96. The van der Waals surface area contributed by atoms with Gasteiger partial charge >= 0.3 is 0 Å². The zero-order valence-electron chi connectivity index (χ0n) is 13.6. The number of nitrogens with zero attached hydrogens (tertiary/aromatic N) is 1. The van der Waals surface area contributed by atoms with Crippen molar-refractivity contribution < 1.29 is 8.78 Å². The van der Waals surface area contributed by atoms with Crippen LogP contribution >= 0.6 is 0 Å². The fourth-order valence-corrected chi connectivity index (χ4v) is 2.59. The van der Waals surface area contributed by atoms with E-state index >= 15 is 0 Å². The summed E-state index contributed by atoms with van der Waals surface area (Å²) in [5.74, 6) is -1.04. The number of hydrogen-bond donors (Lipinski definition) is 1. The van der Waals surface area contributed by atoms with Gasteiger partial charge in [-0.05, 0) is 64.0 Å². The van der Waals surface area contributed by atoms with Crippen molar-refractivity contribution in [2.75, 3.05) is 19.6 Å². The summed E-state index contributed by atoms with van der Waals surface area (Å²) in [5.41, 5.74) is 0.656. The van der Waals surface area contributed by atoms with Gasteiger partial charge < -0.3 is 10.2 Å². The molecule has 21 heavy (non-hydrogen) atoms. The summed E-state index contributed by atoms with van der Waals surface area (Å²) in [5, 5.41) is 3.41. The quantitative estimate of drug-likeness (QED) is 0.737. The first kappa shape index (κ1) is 18.1. The van der Waals surface area contributed by atoms with Crippen LogP contribution in [0.4, 0.5) is 8.78 Å². The predicted molar refractivity (Wildman–Crippen MR) is 84.4 cm³/mol. The highest BCUT2D eigenvalue weighted by atomic mass is 19.1. The van der Waals surface area contributed by atoms with Gasteiger partial charge in [0.25, 0.3) is 0 Å². The highest BCUT2D eigenvalue weighted by Crippen LogP contribution is 2.17. The lowest BCUT2D eigenvalue weighted by molar-refractivity contribution is 0.288. The maximum atomic E-state index is 13.2. The molecule has 0 fully saturated rings. The Kier molecular flexibility index (Phi) is 7.83. The van der Waals surface area contributed by atoms with Gasteiger partial charge in [0.15, 0.2) is 0 Å². The molecule has 0 amide bonds. The van der Waals surface area contributed by atoms with Crippen LogP contribution in [0.3, 0.4) is 0 Å². The van der Waals surface area contributed by atoms with E-state index in [1.165, 1.54) is 12.1 Å². The van der Waals surface area contributed by atoms with Crippen LogP contribution in [0, 0.1) is 11.6 Å². The number of rotatable bonds is 9. The van der Waals surface area contributed by atoms with Crippen LogP contribution in [0.1, 0.15) is 52.1 Å². The monoisotopic (exact) mass is 298 g/mol. The molecular weight excluding hydrogens is 270 g/mol. The van der Waals surface area contributed by atoms with Gasteiger partial charge in [0, 0.05) is 18.2 Å². The number of halogens is 2. The molecule has 1 aromatic carbocycles. The molecule has 120 valence electrons. The second kappa shape index (κ2) is 9.11. The Labute approximate surface area is 127 Å². The van der Waals surface area contributed by atoms with Crippen LogP contribution in [-0.4, -0.2) is 30.6 Å². The van der Waals surface area contributed by atoms with E-state index < -0.39 is 11.6 Å². The molecule has 0 heterocycles. The molecule has 0 spiro atoms. The van der Waals surface area contributed by atoms with E-state index in [9.17, 15) is 8.78 Å². The predicted octanol–water partition coefficient (Wildman–Crippen LogP) is 4.13. The molecule has 0 aliphatic heterocycles. The standard InChI is InChI=1S/C17H28F2N2/c1-5-21(6-2)9-7-8-13(3)20-14(4)15-10-16(18)12-17(19)11-15/h10-14,20H,5-9H2,1-4H3. The minimum atomic E-state index is -0.521. The SMILES string of the molecule is CCN(CC)CCCC(C)NC(C)c1cc(F)cc(F)c1. The van der Waals surface area contributed by atoms with E-state index in [1.54, 1.807) is 0 Å². The average Bonchev–Trinajstić information content (AvgIpc) is 2.42. The third kappa shape index (κ3) is 6.53. The molecule has 0 aliphatic rings. The molecule has 0 bridgehead atoms. The van der Waals surface area contributed by atoms with E-state index in [1.807, 2.05) is 6.92 Å². The Morgan fingerprint density at radius 2 is 1.62 bits per heavy atom. The molecule has 1 N–H and O–H groups in total. The van der Waals surface area contributed by atoms with E-state index in [0.29, 0.717) is 11.6 Å². The number of nitrogens with one attached hydrogen (secondary N) is 1. The minimum absolute atomic E-state index is 0.0568. The topological polar surface area (TPSA) is 15.3 Å². The van der Waals surface area contributed by atoms with Gasteiger partial charge in [-0.3, -0.25) is 0 Å². The fourth-order valence-electron chi connectivity index (χ4n) is 2.59. The lowest BCUT2D eigenvalue weighted by Crippen LogP contribution is -2.31. The van der Waals surface area contributed by atoms with Crippen LogP contribution in [-0.2, 0) is 0 Å². The molecule has 0 saturated heterocycles. The Hall–Kier alpha value is -1.00. The Morgan fingerprint density at radius 3 is 2.14 bits per heavy atom. The van der Waals surface area contributed by atoms with E-state index in [-0.39, 0.29) is 6.04 Å². The maximum absolute atomic E-state index is 13.2. The molecule has 0 aromatic heterocycles. The Balaban J connectivity index is 2.41. The van der Waals surface area contributed by atoms with Crippen molar-refractivity contribution in [3.8, 4) is 0 Å². The van der Waals surface area contributed by atoms with Gasteiger partial charge in [-0.25, -0.2) is 8.78 Å². The summed E-state index contributed by atoms with van der Waals surface area (Å²) >= 11 is 0. The van der Waals surface area contributed by atoms with Crippen LogP contribution < -0.4 is 5.32 Å². The minimum Gasteiger partial charge on any atom is -0.308 e. The van der Waals surface area contributed by atoms with Crippen LogP contribution in [0.15, 0.2) is 18.2 Å². The van der Waals surface area contributed by atoms with Gasteiger partial charge in [0.1, 0.15) is 11.6 Å². The van der Waals surface area contributed by atoms with Crippen LogP contribution in [0.2, 0.25) is 0 Å². The van der Waals surface area contributed by atoms with Crippen molar-refractivity contribution in [3.05, 3.63) is 35.4 Å². The number of benzene rings is 1. The number of hydrogen-bond acceptors (Lipinski definition) is 2. The Morgan fingerprint density at radius 1 is 1.05 bits per heavy atom. The van der Waals surface area contributed by atoms with E-state index in [2.05, 4.69) is 31.0 Å². The van der Waals surface area contributed by atoms with Crippen molar-refractivity contribution >= 4 is 0 Å². The van der Waals surface area contributed by atoms with Gasteiger partial charge in [-0.2, -0.15) is 0 Å². The smallest absolute Gasteiger partial charge is 0.126 e. The molecular formula is C17H28F2N2. The molecule has 1 aromatic rings. The second-order valence-corrected chi connectivity index (χ2v) is 5.66. The summed E-state index contributed by atoms with van der Waals surface area (Å²) in [6, 6.07) is 3.96. The molecule has 1 rings (SSSR count). The van der Waals surface area contributed by atoms with Crippen molar-refractivity contribution in [2.45, 2.75) is 52.6 Å². The van der Waals surface area contributed by atoms with Crippen molar-refractivity contribution in [1.82, 2.24) is 10.2 Å².